The van der Waals surface area contributed by atoms with Gasteiger partial charge in [-0.25, -0.2) is 4.98 Å². The minimum Gasteiger partial charge on any atom is -0.458 e. The molecule has 3 aromatic rings. The number of nitrogens with zero attached hydrogens (tertiary/aromatic N) is 3. The van der Waals surface area contributed by atoms with Gasteiger partial charge in [0, 0.05) is 24.3 Å². The van der Waals surface area contributed by atoms with Crippen LogP contribution in [0, 0.1) is 6.92 Å². The minimum absolute atomic E-state index is 0.103. The number of aromatic amines is 1. The van der Waals surface area contributed by atoms with Gasteiger partial charge in [0.05, 0.1) is 11.2 Å². The van der Waals surface area contributed by atoms with Crippen molar-refractivity contribution in [2.75, 3.05) is 18.0 Å². The van der Waals surface area contributed by atoms with Gasteiger partial charge in [-0.3, -0.25) is 0 Å². The lowest BCUT2D eigenvalue weighted by molar-refractivity contribution is 0.251. The molecule has 27 heavy (non-hydrogen) atoms. The Morgan fingerprint density at radius 3 is 2.59 bits per heavy atom. The summed E-state index contributed by atoms with van der Waals surface area (Å²) in [6.45, 7) is 10.0. The van der Waals surface area contributed by atoms with Crippen LogP contribution in [0.4, 0.5) is 5.69 Å². The average molecular weight is 362 g/mol. The first-order valence-electron chi connectivity index (χ1n) is 9.66. The number of nitrogens with one attached hydrogen (secondary N) is 1. The van der Waals surface area contributed by atoms with Crippen molar-refractivity contribution in [3.63, 3.8) is 0 Å². The third kappa shape index (κ3) is 3.68. The van der Waals surface area contributed by atoms with E-state index < -0.39 is 0 Å². The highest BCUT2D eigenvalue weighted by atomic mass is 16.5. The Balaban J connectivity index is 1.62. The van der Waals surface area contributed by atoms with Crippen molar-refractivity contribution in [3.8, 4) is 17.3 Å². The monoisotopic (exact) mass is 362 g/mol. The molecular weight excluding hydrogens is 336 g/mol. The number of aromatic nitrogens is 3. The Kier molecular flexibility index (Phi) is 4.84. The maximum atomic E-state index is 5.69. The Morgan fingerprint density at radius 1 is 1.15 bits per heavy atom. The molecule has 140 valence electrons. The van der Waals surface area contributed by atoms with E-state index in [-0.39, 0.29) is 6.10 Å². The summed E-state index contributed by atoms with van der Waals surface area (Å²) in [5.41, 5.74) is 6.03. The Hall–Kier alpha value is -2.82. The fourth-order valence-corrected chi connectivity index (χ4v) is 3.57. The predicted octanol–water partition coefficient (Wildman–Crippen LogP) is 4.88. The smallest absolute Gasteiger partial charge is 0.296 e. The van der Waals surface area contributed by atoms with Crippen molar-refractivity contribution in [1.82, 2.24) is 15.0 Å². The molecule has 0 amide bonds. The molecule has 1 aromatic carbocycles. The molecule has 1 fully saturated rings. The maximum Gasteiger partial charge on any atom is 0.296 e. The summed E-state index contributed by atoms with van der Waals surface area (Å²) in [5, 5.41) is 0. The van der Waals surface area contributed by atoms with Crippen LogP contribution in [-0.2, 0) is 0 Å². The normalized spacial score (nSPS) is 15.7. The van der Waals surface area contributed by atoms with Crippen molar-refractivity contribution in [3.05, 3.63) is 48.6 Å². The molecule has 3 heterocycles. The number of hydrogen-bond acceptors (Lipinski definition) is 4. The number of fused-ring (bicyclic) bond motifs is 1. The molecule has 0 radical (unpaired) electrons. The average Bonchev–Trinajstić information content (AvgIpc) is 3.09. The third-order valence-corrected chi connectivity index (χ3v) is 5.13. The molecule has 0 spiro atoms. The molecule has 1 aliphatic rings. The van der Waals surface area contributed by atoms with E-state index in [0.717, 1.165) is 35.4 Å². The number of aryl methyl sites for hydroxylation is 1. The van der Waals surface area contributed by atoms with E-state index in [2.05, 4.69) is 58.7 Å². The van der Waals surface area contributed by atoms with Crippen molar-refractivity contribution < 1.29 is 4.74 Å². The van der Waals surface area contributed by atoms with Gasteiger partial charge >= 0.3 is 0 Å². The second kappa shape index (κ2) is 7.43. The lowest BCUT2D eigenvalue weighted by Crippen LogP contribution is -2.29. The summed E-state index contributed by atoms with van der Waals surface area (Å²) in [6.07, 6.45) is 5.55. The third-order valence-electron chi connectivity index (χ3n) is 5.13. The number of hydrogen-bond donors (Lipinski definition) is 1. The van der Waals surface area contributed by atoms with E-state index in [9.17, 15) is 0 Å². The maximum absolute atomic E-state index is 5.69. The summed E-state index contributed by atoms with van der Waals surface area (Å²) < 4.78 is 5.69. The van der Waals surface area contributed by atoms with Crippen LogP contribution in [0.3, 0.4) is 0 Å². The van der Waals surface area contributed by atoms with Gasteiger partial charge in [-0.15, -0.1) is 0 Å². The van der Waals surface area contributed by atoms with E-state index in [4.69, 9.17) is 9.72 Å². The van der Waals surface area contributed by atoms with E-state index in [1.807, 2.05) is 6.92 Å². The lowest BCUT2D eigenvalue weighted by atomic mass is 10.0. The summed E-state index contributed by atoms with van der Waals surface area (Å²) in [7, 11) is 0. The molecule has 0 saturated carbocycles. The molecule has 4 rings (SSSR count). The first kappa shape index (κ1) is 17.6. The summed E-state index contributed by atoms with van der Waals surface area (Å²) >= 11 is 0. The molecule has 0 aliphatic carbocycles. The highest BCUT2D eigenvalue weighted by Gasteiger charge is 2.14. The quantitative estimate of drug-likeness (QED) is 0.658. The highest BCUT2D eigenvalue weighted by Crippen LogP contribution is 2.28. The number of ether oxygens (including phenoxy) is 1. The topological polar surface area (TPSA) is 54.0 Å². The van der Waals surface area contributed by atoms with E-state index >= 15 is 0 Å². The number of imidazole rings is 1. The Labute approximate surface area is 160 Å². The van der Waals surface area contributed by atoms with Crippen LogP contribution in [0.2, 0.25) is 0 Å². The van der Waals surface area contributed by atoms with Crippen LogP contribution >= 0.6 is 0 Å². The number of piperidine rings is 1. The number of benzene rings is 1. The van der Waals surface area contributed by atoms with Crippen LogP contribution < -0.4 is 9.64 Å². The molecule has 1 atom stereocenters. The zero-order valence-electron chi connectivity index (χ0n) is 16.0. The van der Waals surface area contributed by atoms with Gasteiger partial charge in [0.2, 0.25) is 0 Å². The first-order chi connectivity index (χ1) is 13.1. The van der Waals surface area contributed by atoms with E-state index in [0.29, 0.717) is 11.7 Å². The number of anilines is 1. The largest absolute Gasteiger partial charge is 0.458 e. The predicted molar refractivity (Wildman–Crippen MR) is 110 cm³/mol. The summed E-state index contributed by atoms with van der Waals surface area (Å²) in [5.74, 6) is 0. The number of H-pyrrole nitrogens is 1. The number of pyridine rings is 1. The van der Waals surface area contributed by atoms with Crippen LogP contribution in [0.15, 0.2) is 43.0 Å². The standard InChI is InChI=1S/C22H26N4O/c1-4-16(3)27-22-23-19-14-15(2)20(24-21(19)25-22)17-8-10-18(11-9-17)26-12-6-5-7-13-26/h4,8-11,14,16H,1,5-7,12-13H2,2-3H3,(H,23,24,25). The van der Waals surface area contributed by atoms with Gasteiger partial charge in [0.1, 0.15) is 6.10 Å². The number of rotatable bonds is 5. The molecule has 1 N–H and O–H groups in total. The first-order valence-corrected chi connectivity index (χ1v) is 9.66. The fraction of sp³-hybridized carbons (Fsp3) is 0.364. The molecular formula is C22H26N4O. The zero-order chi connectivity index (χ0) is 18.8. The highest BCUT2D eigenvalue weighted by molar-refractivity contribution is 5.78. The molecule has 1 aliphatic heterocycles. The summed E-state index contributed by atoms with van der Waals surface area (Å²) in [4.78, 5) is 14.9. The van der Waals surface area contributed by atoms with Crippen LogP contribution in [-0.4, -0.2) is 34.1 Å². The van der Waals surface area contributed by atoms with Gasteiger partial charge in [-0.2, -0.15) is 4.98 Å². The van der Waals surface area contributed by atoms with Gasteiger partial charge in [-0.05, 0) is 56.9 Å². The van der Waals surface area contributed by atoms with Crippen LogP contribution in [0.1, 0.15) is 31.7 Å². The van der Waals surface area contributed by atoms with Gasteiger partial charge < -0.3 is 14.6 Å². The van der Waals surface area contributed by atoms with E-state index in [1.165, 1.54) is 24.9 Å². The Bertz CT molecular complexity index is 939. The van der Waals surface area contributed by atoms with Gasteiger partial charge in [-0.1, -0.05) is 24.8 Å². The molecule has 1 unspecified atom stereocenters. The molecule has 0 bridgehead atoms. The van der Waals surface area contributed by atoms with Crippen molar-refractivity contribution in [1.29, 1.82) is 0 Å². The van der Waals surface area contributed by atoms with Crippen molar-refractivity contribution in [2.24, 2.45) is 0 Å². The molecule has 5 nitrogen and oxygen atoms in total. The zero-order valence-corrected chi connectivity index (χ0v) is 16.0. The van der Waals surface area contributed by atoms with Crippen molar-refractivity contribution >= 4 is 16.9 Å². The molecule has 2 aromatic heterocycles. The Morgan fingerprint density at radius 2 is 1.89 bits per heavy atom. The van der Waals surface area contributed by atoms with E-state index in [1.54, 1.807) is 6.08 Å². The molecule has 5 heteroatoms. The summed E-state index contributed by atoms with van der Waals surface area (Å²) in [6, 6.07) is 11.3. The lowest BCUT2D eigenvalue weighted by Gasteiger charge is -2.28. The minimum atomic E-state index is -0.103. The van der Waals surface area contributed by atoms with Crippen LogP contribution in [0.25, 0.3) is 22.4 Å². The van der Waals surface area contributed by atoms with Gasteiger partial charge in [0.15, 0.2) is 5.65 Å². The van der Waals surface area contributed by atoms with Gasteiger partial charge in [0.25, 0.3) is 6.01 Å². The van der Waals surface area contributed by atoms with Crippen molar-refractivity contribution in [2.45, 2.75) is 39.2 Å². The van der Waals surface area contributed by atoms with Crippen LogP contribution in [0.5, 0.6) is 6.01 Å². The fourth-order valence-electron chi connectivity index (χ4n) is 3.57. The second-order valence-electron chi connectivity index (χ2n) is 7.22. The molecule has 1 saturated heterocycles. The SMILES string of the molecule is C=CC(C)Oc1nc2nc(-c3ccc(N4CCCCC4)cc3)c(C)cc2[nH]1. The second-order valence-corrected chi connectivity index (χ2v) is 7.22.